The van der Waals surface area contributed by atoms with Crippen molar-refractivity contribution in [1.29, 1.82) is 0 Å². The SMILES string of the molecule is C#Cc1cc(S(=O)(=O)NC(=O)c2ccc(N3CCN(CC4=C(c5ccc(Cl)cc5)CC(C)(C)CC4)CC3)cc2Oc2cccc3[nH]ccc23)cnc1OCC1CCOCC1. The van der Waals surface area contributed by atoms with Crippen molar-refractivity contribution in [1.82, 2.24) is 19.6 Å². The molecule has 5 aromatic rings. The molecular weight excluding hydrogens is 798 g/mol. The molecule has 1 amide bonds. The fraction of sp³-hybridized carbons (Fsp3) is 0.362. The molecule has 8 rings (SSSR count). The highest BCUT2D eigenvalue weighted by Crippen LogP contribution is 2.43. The normalized spacial score (nSPS) is 17.7. The molecule has 4 heterocycles. The molecule has 312 valence electrons. The fourth-order valence-corrected chi connectivity index (χ4v) is 9.35. The molecule has 0 radical (unpaired) electrons. The number of aromatic nitrogens is 2. The fourth-order valence-electron chi connectivity index (χ4n) is 8.29. The lowest BCUT2D eigenvalue weighted by Crippen LogP contribution is -2.47. The Kier molecular flexibility index (Phi) is 12.2. The van der Waals surface area contributed by atoms with Crippen molar-refractivity contribution in [2.24, 2.45) is 11.3 Å². The Morgan fingerprint density at radius 1 is 1.03 bits per heavy atom. The van der Waals surface area contributed by atoms with Gasteiger partial charge in [-0.25, -0.2) is 18.1 Å². The first kappa shape index (κ1) is 41.4. The van der Waals surface area contributed by atoms with Crippen LogP contribution in [0.4, 0.5) is 5.69 Å². The molecule has 13 heteroatoms. The maximum absolute atomic E-state index is 14.0. The predicted molar refractivity (Wildman–Crippen MR) is 235 cm³/mol. The van der Waals surface area contributed by atoms with Gasteiger partial charge in [-0.2, -0.15) is 0 Å². The molecule has 2 saturated heterocycles. The first-order valence-corrected chi connectivity index (χ1v) is 22.4. The van der Waals surface area contributed by atoms with E-state index in [1.165, 1.54) is 22.8 Å². The third-order valence-corrected chi connectivity index (χ3v) is 13.4. The van der Waals surface area contributed by atoms with E-state index in [2.05, 4.69) is 56.4 Å². The molecule has 0 unspecified atom stereocenters. The number of fused-ring (bicyclic) bond motifs is 1. The minimum atomic E-state index is -4.40. The van der Waals surface area contributed by atoms with Crippen LogP contribution in [0, 0.1) is 23.7 Å². The zero-order chi connectivity index (χ0) is 41.9. The van der Waals surface area contributed by atoms with Crippen molar-refractivity contribution in [2.75, 3.05) is 57.4 Å². The number of carbonyl (C=O) groups excluding carboxylic acids is 1. The number of pyridine rings is 1. The van der Waals surface area contributed by atoms with Crippen molar-refractivity contribution in [2.45, 2.75) is 50.8 Å². The van der Waals surface area contributed by atoms with Crippen LogP contribution in [0.1, 0.15) is 67.4 Å². The molecule has 2 fully saturated rings. The van der Waals surface area contributed by atoms with E-state index in [1.54, 1.807) is 6.07 Å². The van der Waals surface area contributed by atoms with E-state index in [0.717, 1.165) is 92.6 Å². The number of aromatic amines is 1. The number of anilines is 1. The number of hydrogen-bond donors (Lipinski definition) is 2. The molecule has 0 saturated carbocycles. The third-order valence-electron chi connectivity index (χ3n) is 11.8. The topological polar surface area (TPSA) is 126 Å². The van der Waals surface area contributed by atoms with Gasteiger partial charge in [0.05, 0.1) is 23.9 Å². The maximum atomic E-state index is 14.0. The van der Waals surface area contributed by atoms with E-state index >= 15 is 0 Å². The maximum Gasteiger partial charge on any atom is 0.268 e. The zero-order valence-electron chi connectivity index (χ0n) is 34.0. The standard InChI is InChI=1S/C47H50ClN5O6S/c1-4-33-26-38(29-50-46(33)58-31-32-16-24-57-25-17-32)60(55,56)51-45(54)40-13-12-37(27-44(40)59-43-7-5-6-42-39(43)15-19-49-42)53-22-20-52(21-23-53)30-35-14-18-47(2,3)28-41(35)34-8-10-36(48)11-9-34/h1,5-13,15,19,26-27,29,32,49H,14,16-18,20-25,28,30-31H2,2-3H3,(H,51,54). The Bertz CT molecular complexity index is 2550. The van der Waals surface area contributed by atoms with E-state index < -0.39 is 15.9 Å². The van der Waals surface area contributed by atoms with Gasteiger partial charge >= 0.3 is 0 Å². The van der Waals surface area contributed by atoms with Crippen LogP contribution in [0.3, 0.4) is 0 Å². The summed E-state index contributed by atoms with van der Waals surface area (Å²) < 4.78 is 47.4. The second-order valence-corrected chi connectivity index (χ2v) is 18.8. The zero-order valence-corrected chi connectivity index (χ0v) is 35.6. The number of allylic oxidation sites excluding steroid dienone is 1. The summed E-state index contributed by atoms with van der Waals surface area (Å²) in [5.74, 6) is 2.82. The number of terminal acetylenes is 1. The van der Waals surface area contributed by atoms with Crippen LogP contribution in [0.2, 0.25) is 5.02 Å². The minimum Gasteiger partial charge on any atom is -0.476 e. The number of sulfonamides is 1. The van der Waals surface area contributed by atoms with Crippen LogP contribution >= 0.6 is 11.6 Å². The Morgan fingerprint density at radius 3 is 2.58 bits per heavy atom. The second kappa shape index (κ2) is 17.7. The number of benzene rings is 3. The lowest BCUT2D eigenvalue weighted by molar-refractivity contribution is 0.0490. The van der Waals surface area contributed by atoms with Gasteiger partial charge in [0.15, 0.2) is 0 Å². The lowest BCUT2D eigenvalue weighted by Gasteiger charge is -2.39. The smallest absolute Gasteiger partial charge is 0.268 e. The first-order chi connectivity index (χ1) is 28.9. The molecule has 60 heavy (non-hydrogen) atoms. The summed E-state index contributed by atoms with van der Waals surface area (Å²) in [5, 5.41) is 1.56. The van der Waals surface area contributed by atoms with Crippen molar-refractivity contribution >= 4 is 49.7 Å². The van der Waals surface area contributed by atoms with E-state index in [1.807, 2.05) is 54.7 Å². The van der Waals surface area contributed by atoms with Crippen LogP contribution in [0.5, 0.6) is 17.4 Å². The highest BCUT2D eigenvalue weighted by Gasteiger charge is 2.30. The van der Waals surface area contributed by atoms with Crippen LogP contribution in [0.15, 0.2) is 95.7 Å². The molecule has 11 nitrogen and oxygen atoms in total. The molecule has 2 aliphatic heterocycles. The number of amides is 1. The summed E-state index contributed by atoms with van der Waals surface area (Å²) in [6.07, 6.45) is 13.7. The molecule has 2 aromatic heterocycles. The minimum absolute atomic E-state index is 0.0527. The number of nitrogens with zero attached hydrogens (tertiary/aromatic N) is 3. The monoisotopic (exact) mass is 847 g/mol. The second-order valence-electron chi connectivity index (χ2n) is 16.6. The van der Waals surface area contributed by atoms with E-state index in [4.69, 9.17) is 32.2 Å². The Hall–Kier alpha value is -5.32. The van der Waals surface area contributed by atoms with E-state index in [-0.39, 0.29) is 39.0 Å². The summed E-state index contributed by atoms with van der Waals surface area (Å²) in [6.45, 7) is 10.6. The first-order valence-electron chi connectivity index (χ1n) is 20.5. The van der Waals surface area contributed by atoms with Crippen molar-refractivity contribution in [3.05, 3.63) is 112 Å². The van der Waals surface area contributed by atoms with Gasteiger partial charge in [-0.15, -0.1) is 6.42 Å². The van der Waals surface area contributed by atoms with Gasteiger partial charge < -0.3 is 24.1 Å². The van der Waals surface area contributed by atoms with Gasteiger partial charge in [0.1, 0.15) is 16.4 Å². The summed E-state index contributed by atoms with van der Waals surface area (Å²) in [6, 6.07) is 22.3. The van der Waals surface area contributed by atoms with Crippen LogP contribution in [-0.2, 0) is 14.8 Å². The molecule has 0 atom stereocenters. The number of halogens is 1. The number of ether oxygens (including phenoxy) is 3. The molecule has 0 bridgehead atoms. The van der Waals surface area contributed by atoms with Gasteiger partial charge in [-0.05, 0) is 103 Å². The number of hydrogen-bond acceptors (Lipinski definition) is 9. The molecule has 2 N–H and O–H groups in total. The number of carbonyl (C=O) groups is 1. The Labute approximate surface area is 357 Å². The average Bonchev–Trinajstić information content (AvgIpc) is 3.74. The number of H-pyrrole nitrogens is 1. The summed E-state index contributed by atoms with van der Waals surface area (Å²) >= 11 is 6.25. The van der Waals surface area contributed by atoms with E-state index in [0.29, 0.717) is 25.6 Å². The molecule has 3 aliphatic rings. The Balaban J connectivity index is 1.00. The van der Waals surface area contributed by atoms with Gasteiger partial charge in [-0.3, -0.25) is 9.69 Å². The highest BCUT2D eigenvalue weighted by molar-refractivity contribution is 7.90. The van der Waals surface area contributed by atoms with Gasteiger partial charge in [0, 0.05) is 79.8 Å². The highest BCUT2D eigenvalue weighted by atomic mass is 35.5. The largest absolute Gasteiger partial charge is 0.476 e. The van der Waals surface area contributed by atoms with Crippen molar-refractivity contribution < 1.29 is 27.4 Å². The third kappa shape index (κ3) is 9.50. The van der Waals surface area contributed by atoms with Gasteiger partial charge in [0.25, 0.3) is 15.9 Å². The molecule has 3 aromatic carbocycles. The summed E-state index contributed by atoms with van der Waals surface area (Å²) in [5.41, 5.74) is 6.37. The van der Waals surface area contributed by atoms with Crippen LogP contribution in [0.25, 0.3) is 16.5 Å². The average molecular weight is 848 g/mol. The Morgan fingerprint density at radius 2 is 1.82 bits per heavy atom. The number of rotatable bonds is 12. The van der Waals surface area contributed by atoms with Gasteiger partial charge in [-0.1, -0.05) is 55.1 Å². The van der Waals surface area contributed by atoms with Crippen LogP contribution in [-0.4, -0.2) is 81.7 Å². The summed E-state index contributed by atoms with van der Waals surface area (Å²) in [7, 11) is -4.40. The van der Waals surface area contributed by atoms with Crippen LogP contribution < -0.4 is 19.1 Å². The number of nitrogens with one attached hydrogen (secondary N) is 2. The molecule has 0 spiro atoms. The lowest BCUT2D eigenvalue weighted by atomic mass is 9.72. The predicted octanol–water partition coefficient (Wildman–Crippen LogP) is 8.70. The molecular formula is C47H50ClN5O6S. The van der Waals surface area contributed by atoms with Crippen molar-refractivity contribution in [3.8, 4) is 29.7 Å². The number of piperazine rings is 1. The van der Waals surface area contributed by atoms with Crippen molar-refractivity contribution in [3.63, 3.8) is 0 Å². The summed E-state index contributed by atoms with van der Waals surface area (Å²) in [4.78, 5) is 25.9. The van der Waals surface area contributed by atoms with E-state index in [9.17, 15) is 13.2 Å². The quantitative estimate of drug-likeness (QED) is 0.119. The van der Waals surface area contributed by atoms with Gasteiger partial charge in [0.2, 0.25) is 5.88 Å². The molecule has 1 aliphatic carbocycles.